The Bertz CT molecular complexity index is 311. The molecule has 1 N–H and O–H groups in total. The zero-order chi connectivity index (χ0) is 12.7. The van der Waals surface area contributed by atoms with Crippen LogP contribution in [0.2, 0.25) is 0 Å². The molecule has 0 saturated heterocycles. The lowest BCUT2D eigenvalue weighted by atomic mass is 10.1. The van der Waals surface area contributed by atoms with Crippen LogP contribution in [0.4, 0.5) is 0 Å². The van der Waals surface area contributed by atoms with Gasteiger partial charge >= 0.3 is 0 Å². The van der Waals surface area contributed by atoms with Crippen molar-refractivity contribution in [2.45, 2.75) is 45.6 Å². The van der Waals surface area contributed by atoms with Crippen molar-refractivity contribution in [2.24, 2.45) is 0 Å². The van der Waals surface area contributed by atoms with E-state index in [2.05, 4.69) is 38.2 Å². The summed E-state index contributed by atoms with van der Waals surface area (Å²) < 4.78 is 5.14. The van der Waals surface area contributed by atoms with Crippen molar-refractivity contribution in [1.82, 2.24) is 5.32 Å². The van der Waals surface area contributed by atoms with Crippen molar-refractivity contribution >= 4 is 0 Å². The molecule has 2 heteroatoms. The third kappa shape index (κ3) is 6.32. The molecule has 0 radical (unpaired) electrons. The van der Waals surface area contributed by atoms with Gasteiger partial charge in [0.25, 0.3) is 0 Å². The number of aryl methyl sites for hydroxylation is 1. The standard InChI is InChI=1S/C15H25NO/c1-15(2,3)16-12-6-5-7-13-8-10-14(17-4)11-9-13/h8-11,16H,5-7,12H2,1-4H3. The van der Waals surface area contributed by atoms with Gasteiger partial charge in [0, 0.05) is 5.54 Å². The van der Waals surface area contributed by atoms with Gasteiger partial charge in [-0.1, -0.05) is 12.1 Å². The molecular formula is C15H25NO. The molecule has 0 fully saturated rings. The first-order valence-electron chi connectivity index (χ1n) is 6.39. The molecule has 1 aromatic rings. The molecule has 96 valence electrons. The smallest absolute Gasteiger partial charge is 0.118 e. The van der Waals surface area contributed by atoms with Crippen LogP contribution in [0.3, 0.4) is 0 Å². The van der Waals surface area contributed by atoms with Gasteiger partial charge in [-0.3, -0.25) is 0 Å². The van der Waals surface area contributed by atoms with Gasteiger partial charge in [-0.2, -0.15) is 0 Å². The highest BCUT2D eigenvalue weighted by Crippen LogP contribution is 2.13. The predicted octanol–water partition coefficient (Wildman–Crippen LogP) is 3.41. The van der Waals surface area contributed by atoms with Crippen LogP contribution in [-0.4, -0.2) is 19.2 Å². The summed E-state index contributed by atoms with van der Waals surface area (Å²) in [4.78, 5) is 0. The summed E-state index contributed by atoms with van der Waals surface area (Å²) in [6, 6.07) is 8.36. The Morgan fingerprint density at radius 2 is 1.71 bits per heavy atom. The summed E-state index contributed by atoms with van der Waals surface area (Å²) in [5.74, 6) is 0.933. The minimum Gasteiger partial charge on any atom is -0.497 e. The van der Waals surface area contributed by atoms with E-state index in [1.807, 2.05) is 12.1 Å². The van der Waals surface area contributed by atoms with E-state index < -0.39 is 0 Å². The molecule has 0 aliphatic rings. The molecule has 1 aromatic carbocycles. The lowest BCUT2D eigenvalue weighted by Gasteiger charge is -2.20. The van der Waals surface area contributed by atoms with Crippen LogP contribution in [0.5, 0.6) is 5.75 Å². The third-order valence-electron chi connectivity index (χ3n) is 2.71. The first-order chi connectivity index (χ1) is 8.01. The number of ether oxygens (including phenoxy) is 1. The SMILES string of the molecule is COc1ccc(CCCCNC(C)(C)C)cc1. The normalized spacial score (nSPS) is 11.5. The molecule has 0 atom stereocenters. The topological polar surface area (TPSA) is 21.3 Å². The molecule has 1 rings (SSSR count). The van der Waals surface area contributed by atoms with Gasteiger partial charge < -0.3 is 10.1 Å². The molecule has 0 spiro atoms. The summed E-state index contributed by atoms with van der Waals surface area (Å²) in [6.07, 6.45) is 3.61. The Morgan fingerprint density at radius 1 is 1.06 bits per heavy atom. The summed E-state index contributed by atoms with van der Waals surface area (Å²) in [6.45, 7) is 7.71. The Labute approximate surface area is 105 Å². The number of unbranched alkanes of at least 4 members (excludes halogenated alkanes) is 1. The summed E-state index contributed by atoms with van der Waals surface area (Å²) in [5, 5.41) is 3.51. The second-order valence-corrected chi connectivity index (χ2v) is 5.48. The first-order valence-corrected chi connectivity index (χ1v) is 6.39. The molecular weight excluding hydrogens is 210 g/mol. The molecule has 0 aliphatic carbocycles. The van der Waals surface area contributed by atoms with Crippen LogP contribution < -0.4 is 10.1 Å². The Morgan fingerprint density at radius 3 is 2.24 bits per heavy atom. The number of hydrogen-bond donors (Lipinski definition) is 1. The van der Waals surface area contributed by atoms with Gasteiger partial charge in [-0.25, -0.2) is 0 Å². The van der Waals surface area contributed by atoms with Gasteiger partial charge in [-0.15, -0.1) is 0 Å². The van der Waals surface area contributed by atoms with Crippen molar-refractivity contribution in [2.75, 3.05) is 13.7 Å². The lowest BCUT2D eigenvalue weighted by molar-refractivity contribution is 0.414. The van der Waals surface area contributed by atoms with Crippen LogP contribution in [0.15, 0.2) is 24.3 Å². The molecule has 0 amide bonds. The van der Waals surface area contributed by atoms with E-state index >= 15 is 0 Å². The highest BCUT2D eigenvalue weighted by atomic mass is 16.5. The number of hydrogen-bond acceptors (Lipinski definition) is 2. The molecule has 0 heterocycles. The maximum atomic E-state index is 5.14. The average Bonchev–Trinajstić information content (AvgIpc) is 2.28. The molecule has 0 bridgehead atoms. The molecule has 2 nitrogen and oxygen atoms in total. The highest BCUT2D eigenvalue weighted by Gasteiger charge is 2.06. The highest BCUT2D eigenvalue weighted by molar-refractivity contribution is 5.27. The maximum Gasteiger partial charge on any atom is 0.118 e. The predicted molar refractivity (Wildman–Crippen MR) is 73.7 cm³/mol. The van der Waals surface area contributed by atoms with E-state index in [0.717, 1.165) is 18.7 Å². The fourth-order valence-electron chi connectivity index (χ4n) is 1.71. The number of nitrogens with one attached hydrogen (secondary N) is 1. The van der Waals surface area contributed by atoms with Crippen molar-refractivity contribution in [3.63, 3.8) is 0 Å². The van der Waals surface area contributed by atoms with Crippen LogP contribution in [0.25, 0.3) is 0 Å². The monoisotopic (exact) mass is 235 g/mol. The van der Waals surface area contributed by atoms with E-state index in [1.165, 1.54) is 18.4 Å². The van der Waals surface area contributed by atoms with Crippen molar-refractivity contribution < 1.29 is 4.74 Å². The van der Waals surface area contributed by atoms with Gasteiger partial charge in [0.05, 0.1) is 7.11 Å². The van der Waals surface area contributed by atoms with Gasteiger partial charge in [-0.05, 0) is 64.3 Å². The Hall–Kier alpha value is -1.02. The van der Waals surface area contributed by atoms with Gasteiger partial charge in [0.1, 0.15) is 5.75 Å². The summed E-state index contributed by atoms with van der Waals surface area (Å²) >= 11 is 0. The number of benzene rings is 1. The zero-order valence-corrected chi connectivity index (χ0v) is 11.5. The summed E-state index contributed by atoms with van der Waals surface area (Å²) in [5.41, 5.74) is 1.63. The number of methoxy groups -OCH3 is 1. The molecule has 0 saturated carbocycles. The second-order valence-electron chi connectivity index (χ2n) is 5.48. The Balaban J connectivity index is 2.18. The second kappa shape index (κ2) is 6.65. The zero-order valence-electron chi connectivity index (χ0n) is 11.5. The van der Waals surface area contributed by atoms with Crippen LogP contribution in [-0.2, 0) is 6.42 Å². The van der Waals surface area contributed by atoms with Crippen LogP contribution >= 0.6 is 0 Å². The first kappa shape index (κ1) is 14.0. The lowest BCUT2D eigenvalue weighted by Crippen LogP contribution is -2.36. The van der Waals surface area contributed by atoms with Crippen LogP contribution in [0, 0.1) is 0 Å². The van der Waals surface area contributed by atoms with E-state index in [9.17, 15) is 0 Å². The van der Waals surface area contributed by atoms with Crippen molar-refractivity contribution in [1.29, 1.82) is 0 Å². The molecule has 0 aromatic heterocycles. The van der Waals surface area contributed by atoms with E-state index in [-0.39, 0.29) is 5.54 Å². The quantitative estimate of drug-likeness (QED) is 0.763. The summed E-state index contributed by atoms with van der Waals surface area (Å²) in [7, 11) is 1.70. The average molecular weight is 235 g/mol. The maximum absolute atomic E-state index is 5.14. The minimum absolute atomic E-state index is 0.236. The molecule has 0 aliphatic heterocycles. The minimum atomic E-state index is 0.236. The van der Waals surface area contributed by atoms with E-state index in [1.54, 1.807) is 7.11 Å². The third-order valence-corrected chi connectivity index (χ3v) is 2.71. The fourth-order valence-corrected chi connectivity index (χ4v) is 1.71. The van der Waals surface area contributed by atoms with E-state index in [0.29, 0.717) is 0 Å². The number of rotatable bonds is 6. The van der Waals surface area contributed by atoms with Crippen molar-refractivity contribution in [3.8, 4) is 5.75 Å². The largest absolute Gasteiger partial charge is 0.497 e. The van der Waals surface area contributed by atoms with Gasteiger partial charge in [0.15, 0.2) is 0 Å². The fraction of sp³-hybridized carbons (Fsp3) is 0.600. The van der Waals surface area contributed by atoms with Crippen LogP contribution in [0.1, 0.15) is 39.2 Å². The Kier molecular flexibility index (Phi) is 5.49. The molecule has 0 unspecified atom stereocenters. The van der Waals surface area contributed by atoms with Gasteiger partial charge in [0.2, 0.25) is 0 Å². The van der Waals surface area contributed by atoms with Crippen molar-refractivity contribution in [3.05, 3.63) is 29.8 Å². The van der Waals surface area contributed by atoms with E-state index in [4.69, 9.17) is 4.74 Å². The molecule has 17 heavy (non-hydrogen) atoms.